The molecule has 0 aromatic carbocycles. The van der Waals surface area contributed by atoms with E-state index in [-0.39, 0.29) is 17.9 Å². The highest BCUT2D eigenvalue weighted by Gasteiger charge is 2.26. The summed E-state index contributed by atoms with van der Waals surface area (Å²) < 4.78 is 5.73. The minimum absolute atomic E-state index is 0.0188. The first-order chi connectivity index (χ1) is 12.7. The van der Waals surface area contributed by atoms with Gasteiger partial charge < -0.3 is 20.3 Å². The number of carbonyl (C=O) groups excluding carboxylic acids is 2. The highest BCUT2D eigenvalue weighted by molar-refractivity contribution is 7.99. The smallest absolute Gasteiger partial charge is 0.237 e. The molecule has 0 spiro atoms. The number of thioether (sulfide) groups is 1. The molecule has 3 unspecified atom stereocenters. The zero-order valence-electron chi connectivity index (χ0n) is 15.7. The van der Waals surface area contributed by atoms with E-state index in [1.165, 1.54) is 12.8 Å². The molecular formula is C19H33N3O3S. The van der Waals surface area contributed by atoms with Crippen LogP contribution in [0, 0.1) is 5.92 Å². The van der Waals surface area contributed by atoms with E-state index in [4.69, 9.17) is 4.74 Å². The molecule has 3 aliphatic rings. The summed E-state index contributed by atoms with van der Waals surface area (Å²) >= 11 is 1.70. The van der Waals surface area contributed by atoms with E-state index in [9.17, 15) is 9.59 Å². The van der Waals surface area contributed by atoms with E-state index in [0.717, 1.165) is 64.1 Å². The van der Waals surface area contributed by atoms with Crippen molar-refractivity contribution in [2.45, 2.75) is 57.1 Å². The van der Waals surface area contributed by atoms with Crippen LogP contribution in [-0.4, -0.2) is 73.2 Å². The summed E-state index contributed by atoms with van der Waals surface area (Å²) in [4.78, 5) is 26.6. The van der Waals surface area contributed by atoms with Crippen molar-refractivity contribution >= 4 is 23.6 Å². The monoisotopic (exact) mass is 383 g/mol. The maximum absolute atomic E-state index is 12.5. The maximum atomic E-state index is 12.5. The van der Waals surface area contributed by atoms with Gasteiger partial charge in [0.1, 0.15) is 0 Å². The third-order valence-corrected chi connectivity index (χ3v) is 6.68. The van der Waals surface area contributed by atoms with Crippen molar-refractivity contribution < 1.29 is 14.3 Å². The van der Waals surface area contributed by atoms with Gasteiger partial charge in [-0.3, -0.25) is 9.59 Å². The number of hydrogen-bond donors (Lipinski definition) is 2. The summed E-state index contributed by atoms with van der Waals surface area (Å²) in [5.41, 5.74) is 0. The number of hydrogen-bond acceptors (Lipinski definition) is 5. The second kappa shape index (κ2) is 10.5. The predicted molar refractivity (Wildman–Crippen MR) is 104 cm³/mol. The Balaban J connectivity index is 1.32. The fraction of sp³-hybridized carbons (Fsp3) is 0.895. The molecule has 26 heavy (non-hydrogen) atoms. The van der Waals surface area contributed by atoms with E-state index in [2.05, 4.69) is 10.6 Å². The normalized spacial score (nSPS) is 29.5. The lowest BCUT2D eigenvalue weighted by Crippen LogP contribution is -2.47. The average Bonchev–Trinajstić information content (AvgIpc) is 3.22. The minimum atomic E-state index is -0.0188. The molecule has 2 N–H and O–H groups in total. The molecule has 0 aromatic rings. The second-order valence-corrected chi connectivity index (χ2v) is 8.78. The van der Waals surface area contributed by atoms with Gasteiger partial charge in [-0.1, -0.05) is 0 Å². The number of rotatable bonds is 7. The molecular weight excluding hydrogens is 350 g/mol. The van der Waals surface area contributed by atoms with Crippen LogP contribution in [0.15, 0.2) is 0 Å². The van der Waals surface area contributed by atoms with Gasteiger partial charge in [0.2, 0.25) is 11.8 Å². The molecule has 0 bridgehead atoms. The Labute approximate surface area is 161 Å². The van der Waals surface area contributed by atoms with Gasteiger partial charge in [0.25, 0.3) is 0 Å². The van der Waals surface area contributed by atoms with E-state index < -0.39 is 0 Å². The standard InChI is InChI=1S/C19H33N3O3S/c23-18(14-26-13-16-6-1-2-10-25-16)22-9-4-5-15(12-22)11-21-19(24)17-7-3-8-20-17/h15-17,20H,1-14H2,(H,21,24). The van der Waals surface area contributed by atoms with Gasteiger partial charge in [-0.2, -0.15) is 0 Å². The van der Waals surface area contributed by atoms with Crippen LogP contribution in [0.2, 0.25) is 0 Å². The second-order valence-electron chi connectivity index (χ2n) is 7.75. The summed E-state index contributed by atoms with van der Waals surface area (Å²) in [6.07, 6.45) is 8.00. The third kappa shape index (κ3) is 6.13. The van der Waals surface area contributed by atoms with Crippen LogP contribution in [0.4, 0.5) is 0 Å². The summed E-state index contributed by atoms with van der Waals surface area (Å²) in [5.74, 6) is 2.20. The van der Waals surface area contributed by atoms with Crippen molar-refractivity contribution in [1.82, 2.24) is 15.5 Å². The Morgan fingerprint density at radius 1 is 1.15 bits per heavy atom. The van der Waals surface area contributed by atoms with E-state index in [1.807, 2.05) is 4.90 Å². The van der Waals surface area contributed by atoms with E-state index in [1.54, 1.807) is 11.8 Å². The molecule has 3 aliphatic heterocycles. The first-order valence-corrected chi connectivity index (χ1v) is 11.4. The SMILES string of the molecule is O=C(NCC1CCCN(C(=O)CSCC2CCCCO2)C1)C1CCCN1. The van der Waals surface area contributed by atoms with Crippen molar-refractivity contribution in [3.63, 3.8) is 0 Å². The Hall–Kier alpha value is -0.790. The van der Waals surface area contributed by atoms with Crippen molar-refractivity contribution in [2.75, 3.05) is 44.3 Å². The van der Waals surface area contributed by atoms with Crippen LogP contribution in [-0.2, 0) is 14.3 Å². The Bertz CT molecular complexity index is 465. The lowest BCUT2D eigenvalue weighted by atomic mass is 9.98. The minimum Gasteiger partial charge on any atom is -0.377 e. The highest BCUT2D eigenvalue weighted by Crippen LogP contribution is 2.20. The molecule has 3 atom stereocenters. The van der Waals surface area contributed by atoms with Crippen LogP contribution >= 0.6 is 11.8 Å². The Morgan fingerprint density at radius 3 is 2.85 bits per heavy atom. The molecule has 148 valence electrons. The molecule has 3 fully saturated rings. The third-order valence-electron chi connectivity index (χ3n) is 5.62. The number of ether oxygens (including phenoxy) is 1. The molecule has 0 aliphatic carbocycles. The van der Waals surface area contributed by atoms with Gasteiger partial charge in [0.05, 0.1) is 17.9 Å². The molecule has 3 rings (SSSR count). The number of amides is 2. The van der Waals surface area contributed by atoms with Gasteiger partial charge >= 0.3 is 0 Å². The van der Waals surface area contributed by atoms with Crippen LogP contribution in [0.3, 0.4) is 0 Å². The quantitative estimate of drug-likeness (QED) is 0.695. The lowest BCUT2D eigenvalue weighted by Gasteiger charge is -2.33. The summed E-state index contributed by atoms with van der Waals surface area (Å²) in [5, 5.41) is 6.31. The van der Waals surface area contributed by atoms with Gasteiger partial charge in [-0.25, -0.2) is 0 Å². The fourth-order valence-corrected chi connectivity index (χ4v) is 5.04. The molecule has 3 heterocycles. The molecule has 6 nitrogen and oxygen atoms in total. The van der Waals surface area contributed by atoms with Crippen LogP contribution in [0.5, 0.6) is 0 Å². The largest absolute Gasteiger partial charge is 0.377 e. The lowest BCUT2D eigenvalue weighted by molar-refractivity contribution is -0.130. The molecule has 3 saturated heterocycles. The molecule has 7 heteroatoms. The van der Waals surface area contributed by atoms with Gasteiger partial charge in [-0.05, 0) is 57.4 Å². The highest BCUT2D eigenvalue weighted by atomic mass is 32.2. The maximum Gasteiger partial charge on any atom is 0.237 e. The zero-order chi connectivity index (χ0) is 18.2. The van der Waals surface area contributed by atoms with E-state index >= 15 is 0 Å². The number of nitrogens with zero attached hydrogens (tertiary/aromatic N) is 1. The number of nitrogens with one attached hydrogen (secondary N) is 2. The number of carbonyl (C=O) groups is 2. The zero-order valence-corrected chi connectivity index (χ0v) is 16.5. The van der Waals surface area contributed by atoms with Gasteiger partial charge in [0.15, 0.2) is 0 Å². The molecule has 0 saturated carbocycles. The number of piperidine rings is 1. The van der Waals surface area contributed by atoms with E-state index in [0.29, 0.717) is 24.3 Å². The summed E-state index contributed by atoms with van der Waals surface area (Å²) in [7, 11) is 0. The van der Waals surface area contributed by atoms with Gasteiger partial charge in [-0.15, -0.1) is 11.8 Å². The molecule has 0 radical (unpaired) electrons. The Morgan fingerprint density at radius 2 is 2.08 bits per heavy atom. The Kier molecular flexibility index (Phi) is 8.08. The average molecular weight is 384 g/mol. The first kappa shape index (κ1) is 20.0. The van der Waals surface area contributed by atoms with Crippen LogP contribution in [0.1, 0.15) is 44.9 Å². The number of likely N-dealkylation sites (tertiary alicyclic amines) is 1. The first-order valence-electron chi connectivity index (χ1n) is 10.2. The van der Waals surface area contributed by atoms with Crippen molar-refractivity contribution in [2.24, 2.45) is 5.92 Å². The fourth-order valence-electron chi connectivity index (χ4n) is 4.04. The molecule has 0 aromatic heterocycles. The van der Waals surface area contributed by atoms with Crippen molar-refractivity contribution in [1.29, 1.82) is 0 Å². The van der Waals surface area contributed by atoms with Gasteiger partial charge in [0, 0.05) is 32.0 Å². The van der Waals surface area contributed by atoms with Crippen LogP contribution < -0.4 is 10.6 Å². The van der Waals surface area contributed by atoms with Crippen molar-refractivity contribution in [3.8, 4) is 0 Å². The predicted octanol–water partition coefficient (Wildman–Crippen LogP) is 1.40. The summed E-state index contributed by atoms with van der Waals surface area (Å²) in [6, 6.07) is -0.0188. The topological polar surface area (TPSA) is 70.7 Å². The molecule has 2 amide bonds. The van der Waals surface area contributed by atoms with Crippen molar-refractivity contribution in [3.05, 3.63) is 0 Å². The van der Waals surface area contributed by atoms with Crippen LogP contribution in [0.25, 0.3) is 0 Å². The summed E-state index contributed by atoms with van der Waals surface area (Å²) in [6.45, 7) is 4.12.